The lowest BCUT2D eigenvalue weighted by atomic mass is 10.3. The molecule has 5 nitrogen and oxygen atoms in total. The molecule has 2 rings (SSSR count). The zero-order valence-corrected chi connectivity index (χ0v) is 9.81. The van der Waals surface area contributed by atoms with E-state index in [4.69, 9.17) is 5.11 Å². The van der Waals surface area contributed by atoms with E-state index in [9.17, 15) is 4.79 Å². The minimum absolute atomic E-state index is 0.167. The Morgan fingerprint density at radius 2 is 2.29 bits per heavy atom. The molecule has 0 atom stereocenters. The summed E-state index contributed by atoms with van der Waals surface area (Å²) in [6.07, 6.45) is 3.19. The highest BCUT2D eigenvalue weighted by atomic mass is 32.2. The zero-order chi connectivity index (χ0) is 12.3. The van der Waals surface area contributed by atoms with Gasteiger partial charge in [-0.3, -0.25) is 0 Å². The quantitative estimate of drug-likeness (QED) is 0.894. The van der Waals surface area contributed by atoms with Crippen molar-refractivity contribution in [1.82, 2.24) is 15.2 Å². The van der Waals surface area contributed by atoms with Crippen LogP contribution in [0.1, 0.15) is 15.9 Å². The van der Waals surface area contributed by atoms with Gasteiger partial charge in [-0.25, -0.2) is 9.78 Å². The van der Waals surface area contributed by atoms with Crippen LogP contribution >= 0.6 is 11.8 Å². The Kier molecular flexibility index (Phi) is 3.34. The highest BCUT2D eigenvalue weighted by molar-refractivity contribution is 7.99. The second kappa shape index (κ2) is 4.92. The van der Waals surface area contributed by atoms with E-state index in [0.717, 1.165) is 5.56 Å². The van der Waals surface area contributed by atoms with Gasteiger partial charge in [-0.05, 0) is 42.4 Å². The van der Waals surface area contributed by atoms with Gasteiger partial charge in [0, 0.05) is 6.20 Å². The third-order valence-corrected chi connectivity index (χ3v) is 2.90. The van der Waals surface area contributed by atoms with Crippen LogP contribution in [0.3, 0.4) is 0 Å². The SMILES string of the molecule is Cc1cnnc(Sc2ncccc2C(=O)O)c1. The maximum atomic E-state index is 11.0. The molecule has 0 fully saturated rings. The number of rotatable bonds is 3. The normalized spacial score (nSPS) is 10.2. The molecule has 2 aromatic rings. The summed E-state index contributed by atoms with van der Waals surface area (Å²) in [6, 6.07) is 4.94. The van der Waals surface area contributed by atoms with Crippen molar-refractivity contribution in [2.75, 3.05) is 0 Å². The van der Waals surface area contributed by atoms with Gasteiger partial charge in [-0.1, -0.05) is 0 Å². The minimum Gasteiger partial charge on any atom is -0.478 e. The average molecular weight is 247 g/mol. The molecule has 0 aliphatic rings. The first-order chi connectivity index (χ1) is 8.16. The lowest BCUT2D eigenvalue weighted by molar-refractivity contribution is 0.0692. The second-order valence-corrected chi connectivity index (χ2v) is 4.34. The van der Waals surface area contributed by atoms with E-state index >= 15 is 0 Å². The van der Waals surface area contributed by atoms with E-state index < -0.39 is 5.97 Å². The Hall–Kier alpha value is -1.95. The molecule has 0 aromatic carbocycles. The molecular formula is C11H9N3O2S. The van der Waals surface area contributed by atoms with Crippen LogP contribution in [0.25, 0.3) is 0 Å². The molecule has 0 unspecified atom stereocenters. The summed E-state index contributed by atoms with van der Waals surface area (Å²) in [4.78, 5) is 15.0. The Morgan fingerprint density at radius 1 is 1.47 bits per heavy atom. The molecule has 0 amide bonds. The van der Waals surface area contributed by atoms with Gasteiger partial charge in [-0.15, -0.1) is 5.10 Å². The van der Waals surface area contributed by atoms with Crippen LogP contribution in [0.15, 0.2) is 40.6 Å². The third-order valence-electron chi connectivity index (χ3n) is 1.97. The number of carbonyl (C=O) groups is 1. The number of hydrogen-bond acceptors (Lipinski definition) is 5. The van der Waals surface area contributed by atoms with Crippen molar-refractivity contribution in [2.24, 2.45) is 0 Å². The van der Waals surface area contributed by atoms with E-state index in [0.29, 0.717) is 10.1 Å². The molecule has 2 heterocycles. The number of carboxylic acid groups (broad SMARTS) is 1. The molecule has 0 bridgehead atoms. The van der Waals surface area contributed by atoms with E-state index in [1.54, 1.807) is 18.5 Å². The summed E-state index contributed by atoms with van der Waals surface area (Å²) in [6.45, 7) is 1.90. The fraction of sp³-hybridized carbons (Fsp3) is 0.0909. The van der Waals surface area contributed by atoms with Gasteiger partial charge in [0.15, 0.2) is 0 Å². The summed E-state index contributed by atoms with van der Waals surface area (Å²) < 4.78 is 0. The van der Waals surface area contributed by atoms with Gasteiger partial charge >= 0.3 is 5.97 Å². The lowest BCUT2D eigenvalue weighted by Crippen LogP contribution is -2.00. The van der Waals surface area contributed by atoms with Crippen LogP contribution in [-0.2, 0) is 0 Å². The van der Waals surface area contributed by atoms with Crippen molar-refractivity contribution in [3.63, 3.8) is 0 Å². The van der Waals surface area contributed by atoms with Gasteiger partial charge < -0.3 is 5.11 Å². The number of carboxylic acids is 1. The van der Waals surface area contributed by atoms with Crippen molar-refractivity contribution in [2.45, 2.75) is 17.0 Å². The first kappa shape index (κ1) is 11.5. The number of pyridine rings is 1. The first-order valence-corrected chi connectivity index (χ1v) is 5.64. The van der Waals surface area contributed by atoms with E-state index in [-0.39, 0.29) is 5.56 Å². The maximum absolute atomic E-state index is 11.0. The third kappa shape index (κ3) is 2.79. The smallest absolute Gasteiger partial charge is 0.338 e. The highest BCUT2D eigenvalue weighted by Crippen LogP contribution is 2.26. The fourth-order valence-corrected chi connectivity index (χ4v) is 2.13. The Morgan fingerprint density at radius 3 is 3.00 bits per heavy atom. The van der Waals surface area contributed by atoms with Crippen LogP contribution in [0, 0.1) is 6.92 Å². The predicted octanol–water partition coefficient (Wildman–Crippen LogP) is 2.03. The minimum atomic E-state index is -0.999. The Bertz CT molecular complexity index is 560. The summed E-state index contributed by atoms with van der Waals surface area (Å²) >= 11 is 1.19. The van der Waals surface area contributed by atoms with E-state index in [2.05, 4.69) is 15.2 Å². The van der Waals surface area contributed by atoms with Crippen molar-refractivity contribution in [1.29, 1.82) is 0 Å². The summed E-state index contributed by atoms with van der Waals surface area (Å²) in [5, 5.41) is 17.8. The molecule has 2 aromatic heterocycles. The number of aromatic nitrogens is 3. The van der Waals surface area contributed by atoms with Crippen LogP contribution in [0.4, 0.5) is 0 Å². The van der Waals surface area contributed by atoms with Gasteiger partial charge in [0.1, 0.15) is 10.1 Å². The van der Waals surface area contributed by atoms with Crippen molar-refractivity contribution in [3.05, 3.63) is 41.7 Å². The molecule has 17 heavy (non-hydrogen) atoms. The number of aromatic carboxylic acids is 1. The van der Waals surface area contributed by atoms with Gasteiger partial charge in [0.05, 0.1) is 11.8 Å². The van der Waals surface area contributed by atoms with Gasteiger partial charge in [0.25, 0.3) is 0 Å². The van der Waals surface area contributed by atoms with E-state index in [1.165, 1.54) is 17.8 Å². The van der Waals surface area contributed by atoms with Crippen LogP contribution in [0.2, 0.25) is 0 Å². The summed E-state index contributed by atoms with van der Waals surface area (Å²) in [5.41, 5.74) is 1.14. The topological polar surface area (TPSA) is 76.0 Å². The molecule has 6 heteroatoms. The summed E-state index contributed by atoms with van der Waals surface area (Å²) in [7, 11) is 0. The van der Waals surface area contributed by atoms with Crippen molar-refractivity contribution >= 4 is 17.7 Å². The lowest BCUT2D eigenvalue weighted by Gasteiger charge is -2.03. The van der Waals surface area contributed by atoms with Crippen molar-refractivity contribution in [3.8, 4) is 0 Å². The number of aryl methyl sites for hydroxylation is 1. The molecular weight excluding hydrogens is 238 g/mol. The van der Waals surface area contributed by atoms with Gasteiger partial charge in [-0.2, -0.15) is 5.10 Å². The number of nitrogens with zero attached hydrogens (tertiary/aromatic N) is 3. The second-order valence-electron chi connectivity index (χ2n) is 3.33. The van der Waals surface area contributed by atoms with E-state index in [1.807, 2.05) is 13.0 Å². The largest absolute Gasteiger partial charge is 0.478 e. The van der Waals surface area contributed by atoms with Crippen LogP contribution < -0.4 is 0 Å². The zero-order valence-electron chi connectivity index (χ0n) is 8.99. The molecule has 1 N–H and O–H groups in total. The molecule has 0 aliphatic carbocycles. The Balaban J connectivity index is 2.33. The molecule has 0 saturated heterocycles. The van der Waals surface area contributed by atoms with Crippen LogP contribution in [0.5, 0.6) is 0 Å². The monoisotopic (exact) mass is 247 g/mol. The molecule has 0 saturated carbocycles. The summed E-state index contributed by atoms with van der Waals surface area (Å²) in [5.74, 6) is -0.999. The molecule has 86 valence electrons. The average Bonchev–Trinajstić information content (AvgIpc) is 2.29. The molecule has 0 radical (unpaired) electrons. The Labute approximate surface area is 102 Å². The molecule has 0 spiro atoms. The number of hydrogen-bond donors (Lipinski definition) is 1. The van der Waals surface area contributed by atoms with Gasteiger partial charge in [0.2, 0.25) is 0 Å². The highest BCUT2D eigenvalue weighted by Gasteiger charge is 2.12. The standard InChI is InChI=1S/C11H9N3O2S/c1-7-5-9(14-13-6-7)17-10-8(11(15)16)3-2-4-12-10/h2-6H,1H3,(H,15,16). The van der Waals surface area contributed by atoms with Crippen molar-refractivity contribution < 1.29 is 9.90 Å². The predicted molar refractivity (Wildman–Crippen MR) is 62.1 cm³/mol. The first-order valence-electron chi connectivity index (χ1n) is 4.82. The maximum Gasteiger partial charge on any atom is 0.338 e. The van der Waals surface area contributed by atoms with Crippen LogP contribution in [-0.4, -0.2) is 26.3 Å². The fourth-order valence-electron chi connectivity index (χ4n) is 1.22. The molecule has 0 aliphatic heterocycles.